The zero-order valence-corrected chi connectivity index (χ0v) is 32.7. The van der Waals surface area contributed by atoms with Crippen molar-refractivity contribution in [2.75, 3.05) is 0 Å². The van der Waals surface area contributed by atoms with Crippen LogP contribution in [0.1, 0.15) is 32.1 Å². The van der Waals surface area contributed by atoms with Gasteiger partial charge in [-0.3, -0.25) is 0 Å². The first-order valence-electron chi connectivity index (χ1n) is 19.9. The fraction of sp³-hybridized carbons (Fsp3) is 0. The van der Waals surface area contributed by atoms with Crippen molar-refractivity contribution in [2.24, 2.45) is 0 Å². The molecule has 8 bridgehead atoms. The lowest BCUT2D eigenvalue weighted by Crippen LogP contribution is -2.09. The van der Waals surface area contributed by atoms with Gasteiger partial charge in [-0.2, -0.15) is 0 Å². The molecule has 2 aliphatic rings. The average Bonchev–Trinajstić information content (AvgIpc) is 4.14. The molecule has 10 nitrogen and oxygen atoms in total. The van der Waals surface area contributed by atoms with Crippen LogP contribution in [0.4, 0.5) is 0 Å². The van der Waals surface area contributed by atoms with Crippen LogP contribution < -0.4 is 0 Å². The number of nitrogens with zero attached hydrogens (tertiary/aromatic N) is 4. The number of hydrogen-bond acceptors (Lipinski definition) is 6. The second-order valence-electron chi connectivity index (χ2n) is 15.0. The van der Waals surface area contributed by atoms with Gasteiger partial charge in [-0.25, -0.2) is 29.5 Å². The minimum Gasteiger partial charge on any atom is -0.478 e. The summed E-state index contributed by atoms with van der Waals surface area (Å²) in [6.07, 6.45) is 4.12. The SMILES string of the molecule is O=C(O)c1cc2nc3c(nc2cc1C(=O)O)-c1nc-3c(-c2ccccc2)c2ccc([nH]2)c(-c2ccccc2)c2nc(c(-c3ccccc3)c3ccc([nH]3)c1-c1ccccc1)C=C2. The molecule has 5 aromatic carbocycles. The Kier molecular flexibility index (Phi) is 8.50. The Hall–Kier alpha value is -8.76. The summed E-state index contributed by atoms with van der Waals surface area (Å²) in [5, 5.41) is 20.2. The topological polar surface area (TPSA) is 158 Å². The molecule has 2 aliphatic heterocycles. The van der Waals surface area contributed by atoms with E-state index in [4.69, 9.17) is 19.9 Å². The highest BCUT2D eigenvalue weighted by Crippen LogP contribution is 2.46. The van der Waals surface area contributed by atoms with E-state index in [1.165, 1.54) is 12.1 Å². The van der Waals surface area contributed by atoms with E-state index in [2.05, 4.69) is 46.4 Å². The number of fused-ring (bicyclic) bond motifs is 12. The first kappa shape index (κ1) is 36.3. The van der Waals surface area contributed by atoms with Gasteiger partial charge in [0.05, 0.1) is 33.5 Å². The van der Waals surface area contributed by atoms with Gasteiger partial charge in [0.1, 0.15) is 22.8 Å². The fourth-order valence-electron chi connectivity index (χ4n) is 8.51. The molecule has 0 saturated carbocycles. The van der Waals surface area contributed by atoms with Gasteiger partial charge in [-0.15, -0.1) is 0 Å². The smallest absolute Gasteiger partial charge is 0.336 e. The van der Waals surface area contributed by atoms with Crippen LogP contribution in [0.5, 0.6) is 0 Å². The second kappa shape index (κ2) is 14.5. The van der Waals surface area contributed by atoms with Crippen molar-refractivity contribution in [3.05, 3.63) is 180 Å². The molecule has 0 aliphatic carbocycles. The standard InChI is InChI=1S/C52H32N6O4/c59-51(60)33-27-41-42(28-34(33)52(61)62)57-50-48-46(32-19-11-4-12-20-32)40-26-24-38(55-40)44(30-15-7-2-8-16-30)36-22-21-35(53-36)43(29-13-5-1-6-14-29)37-23-25-39(54-37)45(31-17-9-3-10-18-31)47(58-48)49(50)56-41/h1-28,54-55H,(H,59,60)(H,61,62). The number of carboxylic acids is 2. The van der Waals surface area contributed by atoms with Gasteiger partial charge in [0.25, 0.3) is 0 Å². The summed E-state index contributed by atoms with van der Waals surface area (Å²) < 4.78 is 0. The van der Waals surface area contributed by atoms with E-state index in [0.29, 0.717) is 22.8 Å². The summed E-state index contributed by atoms with van der Waals surface area (Å²) in [6, 6.07) is 50.8. The van der Waals surface area contributed by atoms with Crippen molar-refractivity contribution >= 4 is 57.2 Å². The normalized spacial score (nSPS) is 11.7. The number of carbonyl (C=O) groups is 2. The Balaban J connectivity index is 1.38. The molecule has 4 N–H and O–H groups in total. The van der Waals surface area contributed by atoms with E-state index in [-0.39, 0.29) is 22.2 Å². The monoisotopic (exact) mass is 804 g/mol. The Morgan fingerprint density at radius 3 is 1.03 bits per heavy atom. The number of carboxylic acid groups (broad SMARTS) is 2. The van der Waals surface area contributed by atoms with Gasteiger partial charge in [0, 0.05) is 44.3 Å². The molecule has 11 rings (SSSR count). The highest BCUT2D eigenvalue weighted by atomic mass is 16.4. The van der Waals surface area contributed by atoms with E-state index in [1.54, 1.807) is 0 Å². The lowest BCUT2D eigenvalue weighted by molar-refractivity contribution is 0.0652. The molecule has 62 heavy (non-hydrogen) atoms. The molecule has 6 heterocycles. The molecule has 0 saturated heterocycles. The molecular weight excluding hydrogens is 773 g/mol. The minimum absolute atomic E-state index is 0.216. The highest BCUT2D eigenvalue weighted by molar-refractivity contribution is 6.08. The third-order valence-electron chi connectivity index (χ3n) is 11.3. The van der Waals surface area contributed by atoms with Gasteiger partial charge >= 0.3 is 11.9 Å². The lowest BCUT2D eigenvalue weighted by atomic mass is 9.99. The van der Waals surface area contributed by atoms with Gasteiger partial charge in [-0.1, -0.05) is 121 Å². The highest BCUT2D eigenvalue weighted by Gasteiger charge is 2.30. The predicted octanol–water partition coefficient (Wildman–Crippen LogP) is 11.8. The Morgan fingerprint density at radius 1 is 0.371 bits per heavy atom. The van der Waals surface area contributed by atoms with Crippen molar-refractivity contribution in [1.29, 1.82) is 0 Å². The molecule has 0 amide bonds. The third-order valence-corrected chi connectivity index (χ3v) is 11.3. The van der Waals surface area contributed by atoms with Gasteiger partial charge in [0.2, 0.25) is 0 Å². The third kappa shape index (κ3) is 6.05. The van der Waals surface area contributed by atoms with Crippen LogP contribution in [0.2, 0.25) is 0 Å². The number of aromatic carboxylic acids is 2. The van der Waals surface area contributed by atoms with Gasteiger partial charge < -0.3 is 20.2 Å². The molecule has 10 heteroatoms. The number of H-pyrrole nitrogens is 2. The molecule has 0 atom stereocenters. The number of aromatic amines is 2. The Labute approximate surface area is 353 Å². The Morgan fingerprint density at radius 2 is 0.694 bits per heavy atom. The van der Waals surface area contributed by atoms with E-state index in [1.807, 2.05) is 121 Å². The summed E-state index contributed by atoms with van der Waals surface area (Å²) in [6.45, 7) is 0. The quantitative estimate of drug-likeness (QED) is 0.129. The van der Waals surface area contributed by atoms with Gasteiger partial charge in [-0.05, 0) is 70.8 Å². The van der Waals surface area contributed by atoms with Crippen LogP contribution in [0, 0.1) is 0 Å². The zero-order chi connectivity index (χ0) is 41.9. The summed E-state index contributed by atoms with van der Waals surface area (Å²) in [5.41, 5.74) is 13.2. The lowest BCUT2D eigenvalue weighted by Gasteiger charge is -2.09. The van der Waals surface area contributed by atoms with Crippen LogP contribution in [0.3, 0.4) is 0 Å². The van der Waals surface area contributed by atoms with Crippen LogP contribution in [-0.2, 0) is 0 Å². The van der Waals surface area contributed by atoms with Gasteiger partial charge in [0.15, 0.2) is 0 Å². The average molecular weight is 805 g/mol. The maximum absolute atomic E-state index is 12.4. The Bertz CT molecular complexity index is 3280. The van der Waals surface area contributed by atoms with Crippen molar-refractivity contribution < 1.29 is 19.8 Å². The van der Waals surface area contributed by atoms with E-state index in [0.717, 1.165) is 78.0 Å². The number of rotatable bonds is 6. The number of benzene rings is 5. The molecule has 294 valence electrons. The number of hydrogen-bond donors (Lipinski definition) is 4. The van der Waals surface area contributed by atoms with E-state index < -0.39 is 11.9 Å². The summed E-state index contributed by atoms with van der Waals surface area (Å²) >= 11 is 0. The molecule has 9 aromatic rings. The summed E-state index contributed by atoms with van der Waals surface area (Å²) in [4.78, 5) is 53.4. The minimum atomic E-state index is -1.38. The van der Waals surface area contributed by atoms with Crippen LogP contribution in [0.25, 0.3) is 113 Å². The summed E-state index contributed by atoms with van der Waals surface area (Å²) in [7, 11) is 0. The first-order chi connectivity index (χ1) is 30.4. The van der Waals surface area contributed by atoms with E-state index in [9.17, 15) is 19.8 Å². The molecule has 0 radical (unpaired) electrons. The predicted molar refractivity (Wildman–Crippen MR) is 243 cm³/mol. The second-order valence-corrected chi connectivity index (χ2v) is 15.0. The maximum atomic E-state index is 12.4. The maximum Gasteiger partial charge on any atom is 0.336 e. The fourth-order valence-corrected chi connectivity index (χ4v) is 8.51. The number of aromatic nitrogens is 6. The van der Waals surface area contributed by atoms with Crippen molar-refractivity contribution in [2.45, 2.75) is 0 Å². The molecule has 0 fully saturated rings. The van der Waals surface area contributed by atoms with Crippen molar-refractivity contribution in [1.82, 2.24) is 29.9 Å². The number of nitrogens with one attached hydrogen (secondary N) is 2. The first-order valence-corrected chi connectivity index (χ1v) is 19.9. The molecular formula is C52H32N6O4. The van der Waals surface area contributed by atoms with Crippen LogP contribution in [0.15, 0.2) is 158 Å². The largest absolute Gasteiger partial charge is 0.478 e. The van der Waals surface area contributed by atoms with Crippen LogP contribution in [-0.4, -0.2) is 52.1 Å². The molecule has 0 spiro atoms. The molecule has 0 unspecified atom stereocenters. The zero-order valence-electron chi connectivity index (χ0n) is 32.7. The van der Waals surface area contributed by atoms with Crippen molar-refractivity contribution in [3.8, 4) is 67.3 Å². The van der Waals surface area contributed by atoms with Crippen LogP contribution >= 0.6 is 0 Å². The molecule has 4 aromatic heterocycles. The van der Waals surface area contributed by atoms with Crippen molar-refractivity contribution in [3.63, 3.8) is 0 Å². The summed E-state index contributed by atoms with van der Waals surface area (Å²) in [5.74, 6) is -2.77. The van der Waals surface area contributed by atoms with E-state index >= 15 is 0 Å².